The van der Waals surface area contributed by atoms with Crippen LogP contribution >= 0.6 is 0 Å². The first kappa shape index (κ1) is 34.0. The van der Waals surface area contributed by atoms with Gasteiger partial charge in [0, 0.05) is 33.5 Å². The molecule has 0 fully saturated rings. The van der Waals surface area contributed by atoms with Crippen molar-refractivity contribution in [3.8, 4) is 39.1 Å². The van der Waals surface area contributed by atoms with Gasteiger partial charge in [-0.25, -0.2) is 0 Å². The second-order valence-corrected chi connectivity index (χ2v) is 16.4. The molecule has 61 heavy (non-hydrogen) atoms. The summed E-state index contributed by atoms with van der Waals surface area (Å²) in [6.45, 7) is 0. The Balaban J connectivity index is 1.07. The van der Waals surface area contributed by atoms with Gasteiger partial charge in [0.2, 0.25) is 0 Å². The van der Waals surface area contributed by atoms with Crippen LogP contribution in [-0.2, 0) is 5.41 Å². The second-order valence-electron chi connectivity index (χ2n) is 16.4. The van der Waals surface area contributed by atoms with Gasteiger partial charge in [0.15, 0.2) is 0 Å². The summed E-state index contributed by atoms with van der Waals surface area (Å²) in [5.74, 6) is 0. The predicted octanol–water partition coefficient (Wildman–Crippen LogP) is 15.4. The summed E-state index contributed by atoms with van der Waals surface area (Å²) in [6.07, 6.45) is 0. The number of nitrogens with zero attached hydrogens (tertiary/aromatic N) is 2. The first-order chi connectivity index (χ1) is 30.3. The molecular weight excluding hydrogens is 737 g/mol. The Bertz CT molecular complexity index is 3460. The Morgan fingerprint density at radius 1 is 0.311 bits per heavy atom. The quantitative estimate of drug-likeness (QED) is 0.163. The fourth-order valence-corrected chi connectivity index (χ4v) is 11.0. The highest BCUT2D eigenvalue weighted by Gasteiger charge is 2.50. The number of hydrogen-bond acceptors (Lipinski definition) is 1. The topological polar surface area (TPSA) is 8.17 Å². The third-order valence-electron chi connectivity index (χ3n) is 13.4. The summed E-state index contributed by atoms with van der Waals surface area (Å²) >= 11 is 0. The Hall–Kier alpha value is -7.94. The molecule has 2 heteroatoms. The number of benzene rings is 10. The van der Waals surface area contributed by atoms with Crippen molar-refractivity contribution in [2.24, 2.45) is 0 Å². The SMILES string of the molecule is c1ccc(-c2cccc(N(c3ccccc3)c3ccc(-c4cc5c6c7c(cccc47)C4(c7ccccc7-c7ccccc74)c4cccc(c46)n5-c4ccccc4)cc3)c2)cc1. The number of fused-ring (bicyclic) bond motifs is 7. The van der Waals surface area contributed by atoms with Crippen molar-refractivity contribution >= 4 is 49.6 Å². The van der Waals surface area contributed by atoms with Crippen LogP contribution in [0.15, 0.2) is 231 Å². The summed E-state index contributed by atoms with van der Waals surface area (Å²) in [4.78, 5) is 2.36. The molecule has 13 rings (SSSR count). The zero-order valence-electron chi connectivity index (χ0n) is 33.3. The average Bonchev–Trinajstić information content (AvgIpc) is 3.83. The van der Waals surface area contributed by atoms with Crippen LogP contribution in [0.1, 0.15) is 22.3 Å². The fourth-order valence-electron chi connectivity index (χ4n) is 11.0. The smallest absolute Gasteiger partial charge is 0.0726 e. The molecule has 2 aliphatic rings. The van der Waals surface area contributed by atoms with E-state index in [1.165, 1.54) is 88.2 Å². The lowest BCUT2D eigenvalue weighted by Crippen LogP contribution is -2.30. The van der Waals surface area contributed by atoms with Crippen molar-refractivity contribution < 1.29 is 0 Å². The minimum Gasteiger partial charge on any atom is -0.310 e. The van der Waals surface area contributed by atoms with Gasteiger partial charge in [0.05, 0.1) is 16.4 Å². The van der Waals surface area contributed by atoms with Crippen LogP contribution in [0, 0.1) is 0 Å². The van der Waals surface area contributed by atoms with Crippen molar-refractivity contribution in [1.29, 1.82) is 0 Å². The van der Waals surface area contributed by atoms with E-state index in [9.17, 15) is 0 Å². The summed E-state index contributed by atoms with van der Waals surface area (Å²) in [7, 11) is 0. The maximum atomic E-state index is 2.50. The van der Waals surface area contributed by atoms with Gasteiger partial charge in [0.25, 0.3) is 0 Å². The second kappa shape index (κ2) is 13.0. The Labute approximate surface area is 354 Å². The molecule has 0 atom stereocenters. The molecule has 0 saturated heterocycles. The normalized spacial score (nSPS) is 13.0. The third kappa shape index (κ3) is 4.73. The van der Waals surface area contributed by atoms with Gasteiger partial charge in [0.1, 0.15) is 0 Å². The largest absolute Gasteiger partial charge is 0.310 e. The average molecular weight is 775 g/mol. The van der Waals surface area contributed by atoms with Crippen LogP contribution in [0.4, 0.5) is 17.1 Å². The third-order valence-corrected chi connectivity index (χ3v) is 13.4. The predicted molar refractivity (Wildman–Crippen MR) is 255 cm³/mol. The highest BCUT2D eigenvalue weighted by molar-refractivity contribution is 6.29. The molecule has 10 aromatic carbocycles. The molecule has 0 saturated carbocycles. The van der Waals surface area contributed by atoms with Crippen molar-refractivity contribution in [3.63, 3.8) is 0 Å². The van der Waals surface area contributed by atoms with E-state index >= 15 is 0 Å². The van der Waals surface area contributed by atoms with Gasteiger partial charge >= 0.3 is 0 Å². The van der Waals surface area contributed by atoms with E-state index in [1.54, 1.807) is 0 Å². The maximum absolute atomic E-state index is 2.50. The molecule has 2 aliphatic carbocycles. The number of anilines is 3. The highest BCUT2D eigenvalue weighted by Crippen LogP contribution is 2.62. The van der Waals surface area contributed by atoms with E-state index in [2.05, 4.69) is 240 Å². The van der Waals surface area contributed by atoms with Crippen molar-refractivity contribution in [3.05, 3.63) is 253 Å². The molecule has 2 nitrogen and oxygen atoms in total. The summed E-state index contributed by atoms with van der Waals surface area (Å²) in [6, 6.07) is 85.1. The standard InChI is InChI=1S/C59H38N2/c1-4-17-39(18-5-1)41-19-14-24-45(37-41)60(42-20-6-2-7-21-42)44-35-33-40(34-36-44)49-38-55-58-56-48(49)27-15-30-52(56)59(50-28-12-10-25-46(50)47-26-11-13-29-51(47)59)53-31-16-32-54(57(53)58)61(55)43-22-8-3-9-23-43/h1-38H. The molecule has 11 aromatic rings. The van der Waals surface area contributed by atoms with Crippen LogP contribution in [0.2, 0.25) is 0 Å². The summed E-state index contributed by atoms with van der Waals surface area (Å²) in [5.41, 5.74) is 19.4. The van der Waals surface area contributed by atoms with Gasteiger partial charge < -0.3 is 9.47 Å². The van der Waals surface area contributed by atoms with Gasteiger partial charge in [-0.15, -0.1) is 0 Å². The first-order valence-electron chi connectivity index (χ1n) is 21.2. The van der Waals surface area contributed by atoms with Crippen LogP contribution in [0.5, 0.6) is 0 Å². The molecule has 0 amide bonds. The van der Waals surface area contributed by atoms with E-state index in [4.69, 9.17) is 0 Å². The van der Waals surface area contributed by atoms with Crippen LogP contribution in [-0.4, -0.2) is 4.57 Å². The van der Waals surface area contributed by atoms with E-state index in [0.717, 1.165) is 22.7 Å². The minimum atomic E-state index is -0.470. The lowest BCUT2D eigenvalue weighted by atomic mass is 9.63. The summed E-state index contributed by atoms with van der Waals surface area (Å²) in [5, 5.41) is 5.29. The van der Waals surface area contributed by atoms with E-state index in [0.29, 0.717) is 0 Å². The molecule has 0 radical (unpaired) electrons. The molecule has 1 heterocycles. The molecule has 0 unspecified atom stereocenters. The zero-order chi connectivity index (χ0) is 40.1. The number of rotatable bonds is 6. The van der Waals surface area contributed by atoms with Gasteiger partial charge in [-0.3, -0.25) is 0 Å². The van der Waals surface area contributed by atoms with Crippen LogP contribution in [0.25, 0.3) is 71.6 Å². The van der Waals surface area contributed by atoms with Crippen molar-refractivity contribution in [2.45, 2.75) is 5.41 Å². The molecule has 0 bridgehead atoms. The monoisotopic (exact) mass is 774 g/mol. The molecule has 284 valence electrons. The van der Waals surface area contributed by atoms with Gasteiger partial charge in [-0.1, -0.05) is 170 Å². The maximum Gasteiger partial charge on any atom is 0.0726 e. The molecule has 0 N–H and O–H groups in total. The van der Waals surface area contributed by atoms with Gasteiger partial charge in [-0.2, -0.15) is 0 Å². The van der Waals surface area contributed by atoms with Crippen molar-refractivity contribution in [1.82, 2.24) is 4.57 Å². The molecule has 1 spiro atoms. The number of para-hydroxylation sites is 2. The van der Waals surface area contributed by atoms with Crippen molar-refractivity contribution in [2.75, 3.05) is 4.90 Å². The minimum absolute atomic E-state index is 0.470. The zero-order valence-corrected chi connectivity index (χ0v) is 33.3. The van der Waals surface area contributed by atoms with E-state index in [-0.39, 0.29) is 0 Å². The Kier molecular flexibility index (Phi) is 7.26. The van der Waals surface area contributed by atoms with Gasteiger partial charge in [-0.05, 0) is 127 Å². The van der Waals surface area contributed by atoms with E-state index < -0.39 is 5.41 Å². The summed E-state index contributed by atoms with van der Waals surface area (Å²) < 4.78 is 2.50. The number of hydrogen-bond donors (Lipinski definition) is 0. The van der Waals surface area contributed by atoms with Crippen LogP contribution < -0.4 is 4.90 Å². The lowest BCUT2D eigenvalue weighted by molar-refractivity contribution is 0.783. The molecule has 1 aromatic heterocycles. The Morgan fingerprint density at radius 2 is 0.852 bits per heavy atom. The first-order valence-corrected chi connectivity index (χ1v) is 21.2. The highest BCUT2D eigenvalue weighted by atomic mass is 15.1. The molecular formula is C59H38N2. The van der Waals surface area contributed by atoms with Crippen LogP contribution in [0.3, 0.4) is 0 Å². The van der Waals surface area contributed by atoms with E-state index in [1.807, 2.05) is 0 Å². The fraction of sp³-hybridized carbons (Fsp3) is 0.0169. The molecule has 0 aliphatic heterocycles. The lowest BCUT2D eigenvalue weighted by Gasteiger charge is -2.38. The Morgan fingerprint density at radius 3 is 1.57 bits per heavy atom. The number of aromatic nitrogens is 1.